The monoisotopic (exact) mass is 438 g/mol. The van der Waals surface area contributed by atoms with Crippen LogP contribution in [0.25, 0.3) is 0 Å². The molecular formula is C20H21F3N4O4. The van der Waals surface area contributed by atoms with Crippen molar-refractivity contribution < 1.29 is 27.6 Å². The molecule has 31 heavy (non-hydrogen) atoms. The molecule has 0 aliphatic carbocycles. The van der Waals surface area contributed by atoms with E-state index in [0.717, 1.165) is 17.8 Å². The van der Waals surface area contributed by atoms with E-state index >= 15 is 0 Å². The van der Waals surface area contributed by atoms with E-state index in [0.29, 0.717) is 31.9 Å². The largest absolute Gasteiger partial charge is 0.573 e. The number of anilines is 2. The van der Waals surface area contributed by atoms with Gasteiger partial charge in [-0.25, -0.2) is 0 Å². The highest BCUT2D eigenvalue weighted by atomic mass is 19.4. The fourth-order valence-corrected chi connectivity index (χ4v) is 3.31. The number of carbonyl (C=O) groups excluding carboxylic acids is 1. The number of non-ortho nitro benzene ring substituents is 1. The Kier molecular flexibility index (Phi) is 6.64. The van der Waals surface area contributed by atoms with Crippen molar-refractivity contribution in [2.45, 2.75) is 19.3 Å². The van der Waals surface area contributed by atoms with Crippen molar-refractivity contribution in [2.75, 3.05) is 36.4 Å². The summed E-state index contributed by atoms with van der Waals surface area (Å²) in [6.45, 7) is 4.30. The molecule has 2 aromatic carbocycles. The fourth-order valence-electron chi connectivity index (χ4n) is 3.31. The highest BCUT2D eigenvalue weighted by Crippen LogP contribution is 2.24. The zero-order valence-corrected chi connectivity index (χ0v) is 16.6. The van der Waals surface area contributed by atoms with Gasteiger partial charge in [0.15, 0.2) is 0 Å². The van der Waals surface area contributed by atoms with E-state index in [4.69, 9.17) is 0 Å². The number of nitro benzene ring substituents is 1. The van der Waals surface area contributed by atoms with Crippen molar-refractivity contribution in [3.05, 3.63) is 58.6 Å². The lowest BCUT2D eigenvalue weighted by Crippen LogP contribution is -2.52. The number of nitrogens with one attached hydrogen (secondary N) is 1. The maximum absolute atomic E-state index is 12.5. The number of nitrogens with zero attached hydrogens (tertiary/aromatic N) is 3. The summed E-state index contributed by atoms with van der Waals surface area (Å²) >= 11 is 0. The molecule has 8 nitrogen and oxygen atoms in total. The summed E-state index contributed by atoms with van der Waals surface area (Å²) in [4.78, 5) is 26.9. The highest BCUT2D eigenvalue weighted by molar-refractivity contribution is 5.94. The van der Waals surface area contributed by atoms with Crippen LogP contribution < -0.4 is 15.0 Å². The number of ether oxygens (including phenoxy) is 1. The van der Waals surface area contributed by atoms with Crippen LogP contribution in [0.2, 0.25) is 0 Å². The number of piperazine rings is 1. The molecule has 0 aromatic heterocycles. The van der Waals surface area contributed by atoms with Gasteiger partial charge in [0, 0.05) is 49.7 Å². The van der Waals surface area contributed by atoms with Crippen molar-refractivity contribution in [1.82, 2.24) is 4.90 Å². The average Bonchev–Trinajstić information content (AvgIpc) is 2.74. The van der Waals surface area contributed by atoms with Gasteiger partial charge in [-0.3, -0.25) is 19.8 Å². The number of nitro groups is 1. The third-order valence-electron chi connectivity index (χ3n) is 5.02. The SMILES string of the molecule is CC(C(=O)Nc1ccc(OC(F)(F)F)cc1)N1CCN(c2ccc([N+](=O)[O-])cc2)CC1. The topological polar surface area (TPSA) is 88.0 Å². The van der Waals surface area contributed by atoms with E-state index in [1.807, 2.05) is 4.90 Å². The van der Waals surface area contributed by atoms with Crippen molar-refractivity contribution in [3.8, 4) is 5.75 Å². The molecule has 1 fully saturated rings. The maximum atomic E-state index is 12.5. The van der Waals surface area contributed by atoms with Crippen LogP contribution in [0.3, 0.4) is 0 Å². The Balaban J connectivity index is 1.51. The molecule has 1 aliphatic heterocycles. The number of hydrogen-bond donors (Lipinski definition) is 1. The van der Waals surface area contributed by atoms with Crippen molar-refractivity contribution in [1.29, 1.82) is 0 Å². The second-order valence-electron chi connectivity index (χ2n) is 7.03. The molecule has 0 bridgehead atoms. The predicted octanol–water partition coefficient (Wildman–Crippen LogP) is 3.64. The van der Waals surface area contributed by atoms with Gasteiger partial charge < -0.3 is 15.0 Å². The van der Waals surface area contributed by atoms with E-state index < -0.39 is 17.3 Å². The van der Waals surface area contributed by atoms with Gasteiger partial charge in [-0.1, -0.05) is 0 Å². The molecule has 1 heterocycles. The van der Waals surface area contributed by atoms with E-state index in [2.05, 4.69) is 15.0 Å². The first-order chi connectivity index (χ1) is 14.6. The normalized spacial score (nSPS) is 15.9. The van der Waals surface area contributed by atoms with Gasteiger partial charge in [-0.15, -0.1) is 13.2 Å². The maximum Gasteiger partial charge on any atom is 0.573 e. The summed E-state index contributed by atoms with van der Waals surface area (Å²) in [6.07, 6.45) is -4.77. The van der Waals surface area contributed by atoms with Gasteiger partial charge in [0.05, 0.1) is 11.0 Å². The quantitative estimate of drug-likeness (QED) is 0.547. The zero-order valence-electron chi connectivity index (χ0n) is 16.6. The molecule has 11 heteroatoms. The second kappa shape index (κ2) is 9.21. The fraction of sp³-hybridized carbons (Fsp3) is 0.350. The van der Waals surface area contributed by atoms with Crippen LogP contribution in [0.5, 0.6) is 5.75 Å². The molecule has 0 saturated carbocycles. The zero-order chi connectivity index (χ0) is 22.6. The van der Waals surface area contributed by atoms with Gasteiger partial charge in [0.2, 0.25) is 5.91 Å². The van der Waals surface area contributed by atoms with Crippen LogP contribution in [0.15, 0.2) is 48.5 Å². The Morgan fingerprint density at radius 3 is 2.16 bits per heavy atom. The molecule has 1 amide bonds. The van der Waals surface area contributed by atoms with Crippen molar-refractivity contribution in [2.24, 2.45) is 0 Å². The lowest BCUT2D eigenvalue weighted by Gasteiger charge is -2.38. The first-order valence-corrected chi connectivity index (χ1v) is 9.52. The second-order valence-corrected chi connectivity index (χ2v) is 7.03. The number of amides is 1. The molecular weight excluding hydrogens is 417 g/mol. The number of hydrogen-bond acceptors (Lipinski definition) is 6. The molecule has 2 aromatic rings. The Morgan fingerprint density at radius 1 is 1.06 bits per heavy atom. The molecule has 166 valence electrons. The third-order valence-corrected chi connectivity index (χ3v) is 5.02. The van der Waals surface area contributed by atoms with Gasteiger partial charge in [-0.2, -0.15) is 0 Å². The average molecular weight is 438 g/mol. The van der Waals surface area contributed by atoms with Gasteiger partial charge in [-0.05, 0) is 43.3 Å². The number of alkyl halides is 3. The van der Waals surface area contributed by atoms with Crippen LogP contribution in [0.4, 0.5) is 30.2 Å². The molecule has 1 N–H and O–H groups in total. The third kappa shape index (κ3) is 6.07. The van der Waals surface area contributed by atoms with E-state index in [1.165, 1.54) is 24.3 Å². The van der Waals surface area contributed by atoms with Crippen molar-refractivity contribution in [3.63, 3.8) is 0 Å². The molecule has 3 rings (SSSR count). The Bertz CT molecular complexity index is 912. The predicted molar refractivity (Wildman–Crippen MR) is 108 cm³/mol. The van der Waals surface area contributed by atoms with Gasteiger partial charge >= 0.3 is 6.36 Å². The first-order valence-electron chi connectivity index (χ1n) is 9.52. The van der Waals surface area contributed by atoms with Crippen molar-refractivity contribution >= 4 is 23.0 Å². The number of halogens is 3. The standard InChI is InChI=1S/C20H21F3N4O4/c1-14(19(28)24-15-2-8-18(9-3-15)31-20(21,22)23)25-10-12-26(13-11-25)16-4-6-17(7-5-16)27(29)30/h2-9,14H,10-13H2,1H3,(H,24,28). The Morgan fingerprint density at radius 2 is 1.65 bits per heavy atom. The van der Waals surface area contributed by atoms with E-state index in [-0.39, 0.29) is 17.3 Å². The van der Waals surface area contributed by atoms with E-state index in [1.54, 1.807) is 19.1 Å². The van der Waals surface area contributed by atoms with Gasteiger partial charge in [0.25, 0.3) is 5.69 Å². The molecule has 1 saturated heterocycles. The Labute approximate surface area is 176 Å². The minimum Gasteiger partial charge on any atom is -0.406 e. The number of rotatable bonds is 6. The molecule has 1 aliphatic rings. The van der Waals surface area contributed by atoms with Gasteiger partial charge in [0.1, 0.15) is 5.75 Å². The summed E-state index contributed by atoms with van der Waals surface area (Å²) in [5.41, 5.74) is 1.28. The van der Waals surface area contributed by atoms with Crippen LogP contribution in [-0.2, 0) is 4.79 Å². The smallest absolute Gasteiger partial charge is 0.406 e. The molecule has 1 unspecified atom stereocenters. The molecule has 0 spiro atoms. The van der Waals surface area contributed by atoms with E-state index in [9.17, 15) is 28.1 Å². The summed E-state index contributed by atoms with van der Waals surface area (Å²) in [7, 11) is 0. The summed E-state index contributed by atoms with van der Waals surface area (Å²) in [6, 6.07) is 10.9. The number of benzene rings is 2. The first kappa shape index (κ1) is 22.3. The lowest BCUT2D eigenvalue weighted by molar-refractivity contribution is -0.384. The molecule has 1 atom stereocenters. The van der Waals surface area contributed by atoms with Crippen LogP contribution in [-0.4, -0.2) is 54.3 Å². The van der Waals surface area contributed by atoms with Crippen LogP contribution in [0, 0.1) is 10.1 Å². The number of carbonyl (C=O) groups is 1. The lowest BCUT2D eigenvalue weighted by atomic mass is 10.2. The molecule has 0 radical (unpaired) electrons. The Hall–Kier alpha value is -3.34. The van der Waals surface area contributed by atoms with Crippen LogP contribution in [0.1, 0.15) is 6.92 Å². The van der Waals surface area contributed by atoms with Crippen LogP contribution >= 0.6 is 0 Å². The minimum absolute atomic E-state index is 0.0330. The summed E-state index contributed by atoms with van der Waals surface area (Å²) in [5, 5.41) is 13.5. The summed E-state index contributed by atoms with van der Waals surface area (Å²) < 4.78 is 40.5. The highest BCUT2D eigenvalue weighted by Gasteiger charge is 2.31. The minimum atomic E-state index is -4.77. The summed E-state index contributed by atoms with van der Waals surface area (Å²) in [5.74, 6) is -0.630.